The number of benzene rings is 1. The van der Waals surface area contributed by atoms with Gasteiger partial charge in [0.05, 0.1) is 18.4 Å². The smallest absolute Gasteiger partial charge is 0.292 e. The van der Waals surface area contributed by atoms with Gasteiger partial charge in [-0.25, -0.2) is 0 Å². The minimum Gasteiger partial charge on any atom is -0.454 e. The number of nitrogens with one attached hydrogen (secondary N) is 1. The maximum absolute atomic E-state index is 13.2. The largest absolute Gasteiger partial charge is 0.454 e. The van der Waals surface area contributed by atoms with Crippen LogP contribution in [0.4, 0.5) is 0 Å². The summed E-state index contributed by atoms with van der Waals surface area (Å²) in [6, 6.07) is 9.82. The van der Waals surface area contributed by atoms with Crippen molar-refractivity contribution in [2.45, 2.75) is 38.9 Å². The summed E-state index contributed by atoms with van der Waals surface area (Å²) in [5, 5.41) is 12.0. The van der Waals surface area contributed by atoms with Gasteiger partial charge in [-0.1, -0.05) is 6.07 Å². The van der Waals surface area contributed by atoms with Crippen LogP contribution in [0.5, 0.6) is 11.5 Å². The highest BCUT2D eigenvalue weighted by Gasteiger charge is 2.30. The Morgan fingerprint density at radius 1 is 1.19 bits per heavy atom. The molecule has 1 amide bonds. The van der Waals surface area contributed by atoms with Crippen LogP contribution >= 0.6 is 0 Å². The van der Waals surface area contributed by atoms with E-state index in [9.17, 15) is 4.79 Å². The first-order chi connectivity index (χ1) is 15.2. The molecule has 0 aliphatic carbocycles. The molecule has 160 valence electrons. The van der Waals surface area contributed by atoms with Crippen molar-refractivity contribution in [1.29, 1.82) is 0 Å². The van der Waals surface area contributed by atoms with Crippen molar-refractivity contribution < 1.29 is 14.3 Å². The summed E-state index contributed by atoms with van der Waals surface area (Å²) >= 11 is 0. The topological polar surface area (TPSA) is 94.4 Å². The average molecular weight is 420 g/mol. The van der Waals surface area contributed by atoms with Crippen LogP contribution in [0.25, 0.3) is 5.69 Å². The molecular weight excluding hydrogens is 396 g/mol. The number of pyridine rings is 1. The number of hydrogen-bond acceptors (Lipinski definition) is 7. The monoisotopic (exact) mass is 420 g/mol. The van der Waals surface area contributed by atoms with Gasteiger partial charge in [0.15, 0.2) is 17.3 Å². The molecule has 4 heterocycles. The summed E-state index contributed by atoms with van der Waals surface area (Å²) < 4.78 is 12.6. The first kappa shape index (κ1) is 19.5. The molecule has 0 radical (unpaired) electrons. The van der Waals surface area contributed by atoms with Gasteiger partial charge in [-0.3, -0.25) is 14.3 Å². The fraction of sp³-hybridized carbons (Fsp3) is 0.364. The van der Waals surface area contributed by atoms with Crippen LogP contribution in [-0.2, 0) is 13.1 Å². The van der Waals surface area contributed by atoms with Crippen molar-refractivity contribution in [2.75, 3.05) is 13.3 Å². The standard InChI is InChI=1S/C22H24N6O3/c1-15-4-3-9-27(15)22(29)21-26-25-20(28(21)17-5-2-8-23-12-17)13-24-11-16-6-7-18-19(10-16)31-14-30-18/h2,5-8,10,12,15,24H,3-4,9,11,13-14H2,1H3/t15-/m0/s1. The van der Waals surface area contributed by atoms with Gasteiger partial charge in [-0.2, -0.15) is 0 Å². The SMILES string of the molecule is C[C@H]1CCCN1C(=O)c1nnc(CNCc2ccc3c(c2)OCO3)n1-c1cccnc1. The van der Waals surface area contributed by atoms with Crippen molar-refractivity contribution in [2.24, 2.45) is 0 Å². The van der Waals surface area contributed by atoms with Crippen molar-refractivity contribution >= 4 is 5.91 Å². The number of fused-ring (bicyclic) bond motifs is 1. The van der Waals surface area contributed by atoms with Crippen LogP contribution in [0.1, 0.15) is 41.8 Å². The van der Waals surface area contributed by atoms with Gasteiger partial charge in [0.1, 0.15) is 0 Å². The molecule has 1 aromatic carbocycles. The van der Waals surface area contributed by atoms with E-state index in [-0.39, 0.29) is 18.7 Å². The van der Waals surface area contributed by atoms with Crippen molar-refractivity contribution in [3.05, 3.63) is 59.9 Å². The number of amides is 1. The first-order valence-corrected chi connectivity index (χ1v) is 10.5. The van der Waals surface area contributed by atoms with E-state index in [1.54, 1.807) is 17.0 Å². The Balaban J connectivity index is 1.37. The number of likely N-dealkylation sites (tertiary alicyclic amines) is 1. The highest BCUT2D eigenvalue weighted by atomic mass is 16.7. The number of carbonyl (C=O) groups is 1. The quantitative estimate of drug-likeness (QED) is 0.654. The Kier molecular flexibility index (Phi) is 5.25. The van der Waals surface area contributed by atoms with Crippen molar-refractivity contribution in [1.82, 2.24) is 30.0 Å². The van der Waals surface area contributed by atoms with E-state index in [1.165, 1.54) is 0 Å². The van der Waals surface area contributed by atoms with Crippen LogP contribution in [0.3, 0.4) is 0 Å². The minimum atomic E-state index is -0.0941. The highest BCUT2D eigenvalue weighted by Crippen LogP contribution is 2.32. The molecule has 0 saturated carbocycles. The Labute approximate surface area is 180 Å². The second kappa shape index (κ2) is 8.35. The summed E-state index contributed by atoms with van der Waals surface area (Å²) in [6.45, 7) is 4.14. The molecule has 0 bridgehead atoms. The zero-order valence-corrected chi connectivity index (χ0v) is 17.3. The van der Waals surface area contributed by atoms with E-state index < -0.39 is 0 Å². The minimum absolute atomic E-state index is 0.0941. The molecule has 3 aromatic rings. The summed E-state index contributed by atoms with van der Waals surface area (Å²) in [5.74, 6) is 2.40. The van der Waals surface area contributed by atoms with Gasteiger partial charge in [0, 0.05) is 25.3 Å². The van der Waals surface area contributed by atoms with Crippen molar-refractivity contribution in [3.8, 4) is 17.2 Å². The van der Waals surface area contributed by atoms with Gasteiger partial charge in [-0.15, -0.1) is 10.2 Å². The van der Waals surface area contributed by atoms with E-state index in [2.05, 4.69) is 27.4 Å². The molecule has 2 aliphatic rings. The Morgan fingerprint density at radius 3 is 2.90 bits per heavy atom. The molecule has 31 heavy (non-hydrogen) atoms. The molecule has 9 nitrogen and oxygen atoms in total. The molecule has 1 N–H and O–H groups in total. The number of ether oxygens (including phenoxy) is 2. The lowest BCUT2D eigenvalue weighted by Gasteiger charge is -2.21. The van der Waals surface area contributed by atoms with E-state index in [0.717, 1.165) is 42.1 Å². The molecule has 1 fully saturated rings. The molecule has 1 atom stereocenters. The summed E-state index contributed by atoms with van der Waals surface area (Å²) in [5.41, 5.74) is 1.83. The highest BCUT2D eigenvalue weighted by molar-refractivity contribution is 5.91. The zero-order valence-electron chi connectivity index (χ0n) is 17.3. The van der Waals surface area contributed by atoms with Crippen molar-refractivity contribution in [3.63, 3.8) is 0 Å². The van der Waals surface area contributed by atoms with E-state index in [4.69, 9.17) is 9.47 Å². The zero-order chi connectivity index (χ0) is 21.2. The third-order valence-corrected chi connectivity index (χ3v) is 5.69. The number of rotatable bonds is 6. The molecular formula is C22H24N6O3. The van der Waals surface area contributed by atoms with Crippen LogP contribution < -0.4 is 14.8 Å². The van der Waals surface area contributed by atoms with Crippen LogP contribution in [-0.4, -0.2) is 49.9 Å². The fourth-order valence-electron chi connectivity index (χ4n) is 4.06. The maximum Gasteiger partial charge on any atom is 0.292 e. The summed E-state index contributed by atoms with van der Waals surface area (Å²) in [7, 11) is 0. The molecule has 9 heteroatoms. The van der Waals surface area contributed by atoms with E-state index in [0.29, 0.717) is 24.7 Å². The third-order valence-electron chi connectivity index (χ3n) is 5.69. The predicted molar refractivity (Wildman–Crippen MR) is 112 cm³/mol. The molecule has 5 rings (SSSR count). The van der Waals surface area contributed by atoms with Crippen LogP contribution in [0, 0.1) is 0 Å². The number of carbonyl (C=O) groups excluding carboxylic acids is 1. The molecule has 0 unspecified atom stereocenters. The van der Waals surface area contributed by atoms with E-state index in [1.807, 2.05) is 35.2 Å². The molecule has 2 aromatic heterocycles. The number of aromatic nitrogens is 4. The van der Waals surface area contributed by atoms with Gasteiger partial charge in [-0.05, 0) is 49.6 Å². The van der Waals surface area contributed by atoms with E-state index >= 15 is 0 Å². The Hall–Kier alpha value is -3.46. The van der Waals surface area contributed by atoms with Crippen LogP contribution in [0.15, 0.2) is 42.7 Å². The lowest BCUT2D eigenvalue weighted by atomic mass is 10.2. The Morgan fingerprint density at radius 2 is 2.10 bits per heavy atom. The Bertz CT molecular complexity index is 1080. The second-order valence-corrected chi connectivity index (χ2v) is 7.77. The molecule has 1 saturated heterocycles. The fourth-order valence-corrected chi connectivity index (χ4v) is 4.06. The predicted octanol–water partition coefficient (Wildman–Crippen LogP) is 2.31. The summed E-state index contributed by atoms with van der Waals surface area (Å²) in [6.07, 6.45) is 5.44. The van der Waals surface area contributed by atoms with Gasteiger partial charge >= 0.3 is 0 Å². The van der Waals surface area contributed by atoms with Gasteiger partial charge in [0.25, 0.3) is 5.91 Å². The molecule has 2 aliphatic heterocycles. The van der Waals surface area contributed by atoms with Gasteiger partial charge < -0.3 is 19.7 Å². The second-order valence-electron chi connectivity index (χ2n) is 7.77. The average Bonchev–Trinajstić information content (AvgIpc) is 3.53. The third kappa shape index (κ3) is 3.84. The lowest BCUT2D eigenvalue weighted by molar-refractivity contribution is 0.0732. The maximum atomic E-state index is 13.2. The molecule has 0 spiro atoms. The summed E-state index contributed by atoms with van der Waals surface area (Å²) in [4.78, 5) is 19.3. The normalized spacial score (nSPS) is 17.3. The van der Waals surface area contributed by atoms with Gasteiger partial charge in [0.2, 0.25) is 12.6 Å². The lowest BCUT2D eigenvalue weighted by Crippen LogP contribution is -2.35. The first-order valence-electron chi connectivity index (χ1n) is 10.5. The number of hydrogen-bond donors (Lipinski definition) is 1. The number of nitrogens with zero attached hydrogens (tertiary/aromatic N) is 5. The van der Waals surface area contributed by atoms with Crippen LogP contribution in [0.2, 0.25) is 0 Å².